The normalized spacial score (nSPS) is 14.7. The van der Waals surface area contributed by atoms with E-state index in [0.717, 1.165) is 28.7 Å². The van der Waals surface area contributed by atoms with E-state index in [1.807, 2.05) is 66.2 Å². The zero-order chi connectivity index (χ0) is 28.9. The molecule has 1 aliphatic rings. The minimum atomic E-state index is -0.310. The maximum Gasteiger partial charge on any atom is 0.251 e. The van der Waals surface area contributed by atoms with Crippen molar-refractivity contribution in [1.82, 2.24) is 14.5 Å². The second-order valence-corrected chi connectivity index (χ2v) is 10.1. The molecule has 2 aromatic heterocycles. The maximum absolute atomic E-state index is 14.5. The van der Waals surface area contributed by atoms with Crippen LogP contribution < -0.4 is 15.4 Å². The number of hydrogen-bond donors (Lipinski definition) is 2. The number of aromatic nitrogens is 3. The van der Waals surface area contributed by atoms with Gasteiger partial charge in [0, 0.05) is 43.6 Å². The summed E-state index contributed by atoms with van der Waals surface area (Å²) in [5, 5.41) is 6.05. The molecule has 3 heterocycles. The summed E-state index contributed by atoms with van der Waals surface area (Å²) in [5.41, 5.74) is 4.02. The molecule has 214 valence electrons. The summed E-state index contributed by atoms with van der Waals surface area (Å²) in [7, 11) is 1.91. The van der Waals surface area contributed by atoms with Crippen LogP contribution in [0.5, 0.6) is 11.5 Å². The summed E-state index contributed by atoms with van der Waals surface area (Å²) < 4.78 is 33.4. The third-order valence-electron chi connectivity index (χ3n) is 7.05. The van der Waals surface area contributed by atoms with Crippen LogP contribution >= 0.6 is 0 Å². The van der Waals surface area contributed by atoms with Gasteiger partial charge in [-0.05, 0) is 53.9 Å². The highest BCUT2D eigenvalue weighted by atomic mass is 19.1. The zero-order valence-corrected chi connectivity index (χ0v) is 23.0. The van der Waals surface area contributed by atoms with Gasteiger partial charge in [0.2, 0.25) is 5.95 Å². The molecule has 5 aromatic rings. The van der Waals surface area contributed by atoms with Crippen molar-refractivity contribution >= 4 is 34.4 Å². The summed E-state index contributed by atoms with van der Waals surface area (Å²) in [6, 6.07) is 23.6. The van der Waals surface area contributed by atoms with E-state index in [2.05, 4.69) is 15.6 Å². The summed E-state index contributed by atoms with van der Waals surface area (Å²) in [4.78, 5) is 21.3. The monoisotopic (exact) mass is 567 g/mol. The van der Waals surface area contributed by atoms with Gasteiger partial charge in [-0.1, -0.05) is 30.3 Å². The lowest BCUT2D eigenvalue weighted by Crippen LogP contribution is -2.18. The second kappa shape index (κ2) is 12.4. The Morgan fingerprint density at radius 2 is 1.93 bits per heavy atom. The van der Waals surface area contributed by atoms with E-state index in [1.165, 1.54) is 6.07 Å². The fourth-order valence-electron chi connectivity index (χ4n) is 4.89. The highest BCUT2D eigenvalue weighted by Gasteiger charge is 2.21. The largest absolute Gasteiger partial charge is 0.457 e. The Hall–Kier alpha value is -4.80. The van der Waals surface area contributed by atoms with Crippen LogP contribution in [0.4, 0.5) is 21.8 Å². The topological polar surface area (TPSA) is 99.5 Å². The lowest BCUT2D eigenvalue weighted by atomic mass is 9.97. The fraction of sp³-hybridized carbons (Fsp3) is 0.219. The molecule has 42 heavy (non-hydrogen) atoms. The van der Waals surface area contributed by atoms with Gasteiger partial charge >= 0.3 is 0 Å². The summed E-state index contributed by atoms with van der Waals surface area (Å²) in [6.45, 7) is 1.43. The number of fused-ring (bicyclic) bond motifs is 1. The van der Waals surface area contributed by atoms with Crippen LogP contribution in [-0.2, 0) is 27.9 Å². The first-order valence-corrected chi connectivity index (χ1v) is 13.7. The van der Waals surface area contributed by atoms with Gasteiger partial charge in [-0.25, -0.2) is 14.4 Å². The van der Waals surface area contributed by atoms with Gasteiger partial charge in [-0.15, -0.1) is 0 Å². The number of carbonyl (C=O) groups excluding carboxylic acids is 1. The molecule has 1 saturated heterocycles. The van der Waals surface area contributed by atoms with Crippen LogP contribution in [-0.4, -0.2) is 40.3 Å². The number of hydrogen-bond acceptors (Lipinski definition) is 7. The molecule has 1 unspecified atom stereocenters. The van der Waals surface area contributed by atoms with Crippen molar-refractivity contribution in [3.8, 4) is 11.5 Å². The number of carbonyl (C=O) groups is 1. The Labute approximate surface area is 242 Å². The van der Waals surface area contributed by atoms with Gasteiger partial charge in [-0.3, -0.25) is 4.79 Å². The number of aryl methyl sites for hydroxylation is 1. The first-order chi connectivity index (χ1) is 20.5. The number of amides is 1. The molecule has 0 aliphatic carbocycles. The molecule has 1 fully saturated rings. The predicted octanol–water partition coefficient (Wildman–Crippen LogP) is 6.30. The van der Waals surface area contributed by atoms with Crippen molar-refractivity contribution < 1.29 is 23.4 Å². The van der Waals surface area contributed by atoms with Crippen molar-refractivity contribution in [3.05, 3.63) is 102 Å². The highest BCUT2D eigenvalue weighted by Crippen LogP contribution is 2.32. The van der Waals surface area contributed by atoms with Crippen molar-refractivity contribution in [2.45, 2.75) is 18.9 Å². The number of benzene rings is 3. The van der Waals surface area contributed by atoms with Crippen molar-refractivity contribution in [2.24, 2.45) is 7.05 Å². The Kier molecular flexibility index (Phi) is 8.07. The number of pyridine rings is 1. The van der Waals surface area contributed by atoms with Crippen LogP contribution in [0, 0.1) is 5.82 Å². The molecule has 0 bridgehead atoms. The second-order valence-electron chi connectivity index (χ2n) is 10.1. The molecule has 0 saturated carbocycles. The summed E-state index contributed by atoms with van der Waals surface area (Å²) in [5.74, 6) is 1.58. The van der Waals surface area contributed by atoms with E-state index in [1.54, 1.807) is 24.4 Å². The molecule has 2 N–H and O–H groups in total. The Morgan fingerprint density at radius 3 is 2.76 bits per heavy atom. The number of imidazole rings is 1. The van der Waals surface area contributed by atoms with Crippen LogP contribution in [0.15, 0.2) is 85.1 Å². The quantitative estimate of drug-likeness (QED) is 0.204. The fourth-order valence-corrected chi connectivity index (χ4v) is 4.89. The van der Waals surface area contributed by atoms with Crippen molar-refractivity contribution in [2.75, 3.05) is 30.5 Å². The minimum Gasteiger partial charge on any atom is -0.457 e. The van der Waals surface area contributed by atoms with E-state index in [-0.39, 0.29) is 24.2 Å². The Morgan fingerprint density at radius 1 is 1.07 bits per heavy atom. The standard InChI is InChI=1S/C32H30FN5O4/c1-38-29-10-8-24(16-28(29)36-32(38)35-23-7-9-27(33)26(15-23)22-12-14-40-19-22)42-25-11-13-34-30(17-25)37-31(39)20-41-18-21-5-3-2-4-6-21/h2-11,13,15-17,22H,12,14,18-20H2,1H3,(H,35,36)(H,34,37,39). The molecule has 3 aromatic carbocycles. The molecule has 9 nitrogen and oxygen atoms in total. The molecule has 6 rings (SSSR count). The van der Waals surface area contributed by atoms with Gasteiger partial charge in [-0.2, -0.15) is 0 Å². The molecule has 1 aliphatic heterocycles. The highest BCUT2D eigenvalue weighted by molar-refractivity contribution is 5.91. The minimum absolute atomic E-state index is 0.0573. The zero-order valence-electron chi connectivity index (χ0n) is 23.0. The van der Waals surface area contributed by atoms with E-state index >= 15 is 0 Å². The van der Waals surface area contributed by atoms with Crippen LogP contribution in [0.3, 0.4) is 0 Å². The Bertz CT molecular complexity index is 1700. The van der Waals surface area contributed by atoms with E-state index in [0.29, 0.717) is 48.6 Å². The number of halogens is 1. The third-order valence-corrected chi connectivity index (χ3v) is 7.05. The van der Waals surface area contributed by atoms with Gasteiger partial charge in [0.15, 0.2) is 0 Å². The molecule has 1 amide bonds. The third kappa shape index (κ3) is 6.40. The predicted molar refractivity (Wildman–Crippen MR) is 158 cm³/mol. The van der Waals surface area contributed by atoms with Gasteiger partial charge in [0.1, 0.15) is 29.7 Å². The SMILES string of the molecule is Cn1c(Nc2ccc(F)c(C3CCOC3)c2)nc2cc(Oc3ccnc(NC(=O)COCc4ccccc4)c3)ccc21. The molecular formula is C32H30FN5O4. The van der Waals surface area contributed by atoms with Crippen LogP contribution in [0.25, 0.3) is 11.0 Å². The number of nitrogens with zero attached hydrogens (tertiary/aromatic N) is 3. The smallest absolute Gasteiger partial charge is 0.251 e. The lowest BCUT2D eigenvalue weighted by Gasteiger charge is -2.13. The number of rotatable bonds is 10. The van der Waals surface area contributed by atoms with Crippen molar-refractivity contribution in [3.63, 3.8) is 0 Å². The summed E-state index contributed by atoms with van der Waals surface area (Å²) >= 11 is 0. The molecule has 0 spiro atoms. The van der Waals surface area contributed by atoms with E-state index in [9.17, 15) is 9.18 Å². The molecule has 10 heteroatoms. The first-order valence-electron chi connectivity index (χ1n) is 13.7. The number of nitrogens with one attached hydrogen (secondary N) is 2. The number of ether oxygens (including phenoxy) is 3. The van der Waals surface area contributed by atoms with Crippen LogP contribution in [0.1, 0.15) is 23.5 Å². The molecule has 0 radical (unpaired) electrons. The summed E-state index contributed by atoms with van der Waals surface area (Å²) in [6.07, 6.45) is 2.37. The van der Waals surface area contributed by atoms with Gasteiger partial charge < -0.3 is 29.4 Å². The Balaban J connectivity index is 1.10. The number of anilines is 3. The molecular weight excluding hydrogens is 537 g/mol. The average molecular weight is 568 g/mol. The van der Waals surface area contributed by atoms with E-state index < -0.39 is 0 Å². The maximum atomic E-state index is 14.5. The average Bonchev–Trinajstić information content (AvgIpc) is 3.63. The van der Waals surface area contributed by atoms with Gasteiger partial charge in [0.05, 0.1) is 24.2 Å². The van der Waals surface area contributed by atoms with Crippen molar-refractivity contribution in [1.29, 1.82) is 0 Å². The van der Waals surface area contributed by atoms with Crippen LogP contribution in [0.2, 0.25) is 0 Å². The lowest BCUT2D eigenvalue weighted by molar-refractivity contribution is -0.121. The van der Waals surface area contributed by atoms with E-state index in [4.69, 9.17) is 19.2 Å². The molecule has 1 atom stereocenters. The first kappa shape index (κ1) is 27.4. The van der Waals surface area contributed by atoms with Gasteiger partial charge in [0.25, 0.3) is 5.91 Å².